The second-order valence-electron chi connectivity index (χ2n) is 11.3. The molecule has 0 unspecified atom stereocenters. The highest BCUT2D eigenvalue weighted by atomic mass is 19.4. The van der Waals surface area contributed by atoms with E-state index in [9.17, 15) is 32.3 Å². The molecule has 2 atom stereocenters. The highest BCUT2D eigenvalue weighted by molar-refractivity contribution is 5.94. The van der Waals surface area contributed by atoms with Crippen molar-refractivity contribution in [3.8, 4) is 0 Å². The summed E-state index contributed by atoms with van der Waals surface area (Å²) in [6.07, 6.45) is 1.21. The van der Waals surface area contributed by atoms with E-state index in [2.05, 4.69) is 21.7 Å². The largest absolute Gasteiger partial charge is 0.480 e. The highest BCUT2D eigenvalue weighted by Crippen LogP contribution is 2.52. The number of carboxylic acid groups (broad SMARTS) is 1. The molecule has 0 radical (unpaired) electrons. The lowest BCUT2D eigenvalue weighted by molar-refractivity contribution is -0.143. The molecule has 1 aliphatic heterocycles. The Bertz CT molecular complexity index is 1250. The number of fused-ring (bicyclic) bond motifs is 1. The third-order valence-electron chi connectivity index (χ3n) is 8.24. The van der Waals surface area contributed by atoms with Gasteiger partial charge in [0.25, 0.3) is 0 Å². The summed E-state index contributed by atoms with van der Waals surface area (Å²) < 4.78 is 59.5. The van der Waals surface area contributed by atoms with Gasteiger partial charge >= 0.3 is 12.1 Å². The molecular formula is C30H39F4N5O4. The van der Waals surface area contributed by atoms with Gasteiger partial charge in [-0.25, -0.2) is 14.2 Å². The number of amides is 1. The van der Waals surface area contributed by atoms with Crippen LogP contribution in [0.25, 0.3) is 0 Å². The summed E-state index contributed by atoms with van der Waals surface area (Å²) >= 11 is 0. The van der Waals surface area contributed by atoms with Crippen molar-refractivity contribution in [1.82, 2.24) is 20.2 Å². The van der Waals surface area contributed by atoms with Crippen molar-refractivity contribution in [3.63, 3.8) is 0 Å². The molecule has 9 nitrogen and oxygen atoms in total. The zero-order valence-electron chi connectivity index (χ0n) is 24.3. The number of ether oxygens (including phenoxy) is 1. The summed E-state index contributed by atoms with van der Waals surface area (Å²) in [6.45, 7) is 1.18. The Labute approximate surface area is 248 Å². The minimum atomic E-state index is -4.70. The van der Waals surface area contributed by atoms with Crippen LogP contribution in [0.1, 0.15) is 60.9 Å². The monoisotopic (exact) mass is 609 g/mol. The minimum Gasteiger partial charge on any atom is -0.480 e. The summed E-state index contributed by atoms with van der Waals surface area (Å²) in [5.41, 5.74) is -0.458. The van der Waals surface area contributed by atoms with Gasteiger partial charge in [0, 0.05) is 44.8 Å². The van der Waals surface area contributed by atoms with Crippen LogP contribution in [0.15, 0.2) is 30.6 Å². The van der Waals surface area contributed by atoms with Crippen molar-refractivity contribution in [2.24, 2.45) is 0 Å². The molecule has 3 N–H and O–H groups in total. The number of anilines is 1. The quantitative estimate of drug-likeness (QED) is 0.192. The lowest BCUT2D eigenvalue weighted by Crippen LogP contribution is -2.48. The highest BCUT2D eigenvalue weighted by Gasteiger charge is 2.55. The molecule has 4 rings (SSSR count). The lowest BCUT2D eigenvalue weighted by atomic mass is 9.91. The van der Waals surface area contributed by atoms with Crippen LogP contribution in [0, 0.1) is 0 Å². The summed E-state index contributed by atoms with van der Waals surface area (Å²) in [7, 11) is 1.40. The smallest absolute Gasteiger partial charge is 0.418 e. The van der Waals surface area contributed by atoms with E-state index in [0.717, 1.165) is 50.2 Å². The summed E-state index contributed by atoms with van der Waals surface area (Å²) in [4.78, 5) is 35.5. The number of hydrogen-bond acceptors (Lipinski definition) is 7. The number of alkyl halides is 4. The Morgan fingerprint density at radius 1 is 1.21 bits per heavy atom. The van der Waals surface area contributed by atoms with Gasteiger partial charge in [0.15, 0.2) is 0 Å². The van der Waals surface area contributed by atoms with Crippen molar-refractivity contribution in [2.45, 2.75) is 75.1 Å². The topological polar surface area (TPSA) is 117 Å². The van der Waals surface area contributed by atoms with Gasteiger partial charge in [-0.15, -0.1) is 0 Å². The molecular weight excluding hydrogens is 570 g/mol. The van der Waals surface area contributed by atoms with Crippen LogP contribution in [-0.2, 0) is 38.8 Å². The van der Waals surface area contributed by atoms with Gasteiger partial charge in [0.05, 0.1) is 17.1 Å². The number of methoxy groups -OCH3 is 1. The maximum absolute atomic E-state index is 13.6. The molecule has 2 aromatic heterocycles. The number of pyridine rings is 2. The first kappa shape index (κ1) is 32.6. The lowest BCUT2D eigenvalue weighted by Gasteiger charge is -2.28. The molecule has 2 aliphatic rings. The van der Waals surface area contributed by atoms with E-state index >= 15 is 0 Å². The summed E-state index contributed by atoms with van der Waals surface area (Å²) in [5.74, 6) is -1.12. The number of hydrogen-bond donors (Lipinski definition) is 3. The molecule has 3 heterocycles. The fourth-order valence-corrected chi connectivity index (χ4v) is 5.57. The van der Waals surface area contributed by atoms with Crippen LogP contribution >= 0.6 is 0 Å². The normalized spacial score (nSPS) is 17.1. The van der Waals surface area contributed by atoms with E-state index in [0.29, 0.717) is 12.7 Å². The van der Waals surface area contributed by atoms with Crippen LogP contribution in [0.3, 0.4) is 0 Å². The molecule has 0 saturated heterocycles. The number of aryl methyl sites for hydroxylation is 2. The second kappa shape index (κ2) is 14.4. The van der Waals surface area contributed by atoms with Gasteiger partial charge < -0.3 is 25.4 Å². The standard InChI is InChI=1S/C30H39F4N5O4/c1-43-22(17-31)19-39(15-3-2-6-21-8-7-20-5-4-13-36-26(20)37-21)16-10-25(27(40)41)38-28(42)29(11-12-29)23-9-14-35-18-24(23)30(32,33)34/h7-9,14,18,22,25H,2-6,10-13,15-17,19H2,1H3,(H,36,37)(H,38,42)(H,40,41)/t22-,25+/m1/s1. The third-order valence-corrected chi connectivity index (χ3v) is 8.24. The SMILES string of the molecule is CO[C@H](CF)CN(CCCCc1ccc2c(n1)NCCC2)CC[C@H](NC(=O)C1(c2ccncc2C(F)(F)F)CC1)C(=O)O. The van der Waals surface area contributed by atoms with Crippen molar-refractivity contribution in [3.05, 3.63) is 53.0 Å². The number of aromatic nitrogens is 2. The van der Waals surface area contributed by atoms with Gasteiger partial charge in [0.2, 0.25) is 5.91 Å². The fraction of sp³-hybridized carbons (Fsp3) is 0.600. The predicted molar refractivity (Wildman–Crippen MR) is 152 cm³/mol. The number of carboxylic acids is 1. The molecule has 43 heavy (non-hydrogen) atoms. The van der Waals surface area contributed by atoms with Crippen LogP contribution in [0.4, 0.5) is 23.4 Å². The number of nitrogens with zero attached hydrogens (tertiary/aromatic N) is 3. The van der Waals surface area contributed by atoms with Gasteiger partial charge in [-0.2, -0.15) is 13.2 Å². The average Bonchev–Trinajstić information content (AvgIpc) is 3.81. The average molecular weight is 610 g/mol. The van der Waals surface area contributed by atoms with Crippen LogP contribution in [0.5, 0.6) is 0 Å². The molecule has 0 aromatic carbocycles. The van der Waals surface area contributed by atoms with E-state index < -0.39 is 47.9 Å². The summed E-state index contributed by atoms with van der Waals surface area (Å²) in [5, 5.41) is 15.7. The van der Waals surface area contributed by atoms with Gasteiger partial charge in [-0.3, -0.25) is 9.78 Å². The van der Waals surface area contributed by atoms with Gasteiger partial charge in [-0.1, -0.05) is 6.07 Å². The minimum absolute atomic E-state index is 0.0135. The molecule has 1 saturated carbocycles. The van der Waals surface area contributed by atoms with Gasteiger partial charge in [-0.05, 0) is 81.2 Å². The number of unbranched alkanes of at least 4 members (excludes halogenated alkanes) is 1. The van der Waals surface area contributed by atoms with E-state index in [1.807, 2.05) is 11.0 Å². The zero-order valence-corrected chi connectivity index (χ0v) is 24.3. The van der Waals surface area contributed by atoms with E-state index in [1.165, 1.54) is 24.9 Å². The molecule has 1 fully saturated rings. The predicted octanol–water partition coefficient (Wildman–Crippen LogP) is 4.15. The van der Waals surface area contributed by atoms with E-state index in [4.69, 9.17) is 9.72 Å². The Morgan fingerprint density at radius 2 is 2.00 bits per heavy atom. The third kappa shape index (κ3) is 8.41. The molecule has 0 bridgehead atoms. The first-order valence-corrected chi connectivity index (χ1v) is 14.7. The molecule has 2 aromatic rings. The number of aliphatic carboxylic acids is 1. The molecule has 1 amide bonds. The van der Waals surface area contributed by atoms with Gasteiger partial charge in [0.1, 0.15) is 18.5 Å². The maximum atomic E-state index is 13.6. The number of nitrogens with one attached hydrogen (secondary N) is 2. The Morgan fingerprint density at radius 3 is 2.67 bits per heavy atom. The number of rotatable bonds is 16. The Kier molecular flexibility index (Phi) is 10.9. The van der Waals surface area contributed by atoms with Crippen molar-refractivity contribution >= 4 is 17.7 Å². The second-order valence-corrected chi connectivity index (χ2v) is 11.3. The molecule has 0 spiro atoms. The van der Waals surface area contributed by atoms with Crippen LogP contribution in [0.2, 0.25) is 0 Å². The zero-order chi connectivity index (χ0) is 31.0. The van der Waals surface area contributed by atoms with E-state index in [1.54, 1.807) is 0 Å². The summed E-state index contributed by atoms with van der Waals surface area (Å²) in [6, 6.07) is 3.97. The molecule has 13 heteroatoms. The first-order chi connectivity index (χ1) is 20.6. The van der Waals surface area contributed by atoms with Crippen molar-refractivity contribution in [1.29, 1.82) is 0 Å². The number of halogens is 4. The fourth-order valence-electron chi connectivity index (χ4n) is 5.57. The van der Waals surface area contributed by atoms with E-state index in [-0.39, 0.29) is 37.9 Å². The van der Waals surface area contributed by atoms with Crippen molar-refractivity contribution < 1.29 is 37.0 Å². The first-order valence-electron chi connectivity index (χ1n) is 14.7. The maximum Gasteiger partial charge on any atom is 0.418 e. The Balaban J connectivity index is 1.35. The number of carbonyl (C=O) groups is 2. The van der Waals surface area contributed by atoms with Crippen LogP contribution < -0.4 is 10.6 Å². The molecule has 1 aliphatic carbocycles. The van der Waals surface area contributed by atoms with Crippen LogP contribution in [-0.4, -0.2) is 84.0 Å². The molecule has 236 valence electrons. The Hall–Kier alpha value is -3.32. The number of carbonyl (C=O) groups excluding carboxylic acids is 1. The van der Waals surface area contributed by atoms with Crippen molar-refractivity contribution in [2.75, 3.05) is 45.3 Å².